The van der Waals surface area contributed by atoms with Gasteiger partial charge in [-0.1, -0.05) is 13.3 Å². The van der Waals surface area contributed by atoms with Gasteiger partial charge in [-0.05, 0) is 68.0 Å². The minimum Gasteiger partial charge on any atom is -0.494 e. The lowest BCUT2D eigenvalue weighted by Gasteiger charge is -2.18. The van der Waals surface area contributed by atoms with E-state index in [1.807, 2.05) is 27.0 Å². The summed E-state index contributed by atoms with van der Waals surface area (Å²) >= 11 is 0. The van der Waals surface area contributed by atoms with Crippen molar-refractivity contribution in [1.82, 2.24) is 9.88 Å². The Morgan fingerprint density at radius 3 is 2.68 bits per heavy atom. The number of rotatable bonds is 12. The highest BCUT2D eigenvalue weighted by Crippen LogP contribution is 2.32. The van der Waals surface area contributed by atoms with Crippen molar-refractivity contribution in [3.8, 4) is 29.3 Å². The number of ether oxygens (including phenoxy) is 1. The van der Waals surface area contributed by atoms with Gasteiger partial charge in [0.25, 0.3) is 0 Å². The number of nitrogens with two attached hydrogens (primary N) is 1. The molecule has 2 N–H and O–H groups in total. The molecule has 2 atom stereocenters. The third kappa shape index (κ3) is 6.80. The van der Waals surface area contributed by atoms with Gasteiger partial charge in [0.1, 0.15) is 17.9 Å². The summed E-state index contributed by atoms with van der Waals surface area (Å²) in [6, 6.07) is 8.79. The van der Waals surface area contributed by atoms with Crippen LogP contribution in [0.4, 0.5) is 4.39 Å². The number of aryl methyl sites for hydroxylation is 1. The van der Waals surface area contributed by atoms with Crippen molar-refractivity contribution in [2.24, 2.45) is 11.7 Å². The summed E-state index contributed by atoms with van der Waals surface area (Å²) in [5, 5.41) is 0. The molecule has 1 aromatic heterocycles. The normalized spacial score (nSPS) is 12.6. The molecule has 0 aliphatic carbocycles. The molecule has 0 amide bonds. The Morgan fingerprint density at radius 1 is 1.26 bits per heavy atom. The Hall–Kier alpha value is -2.91. The summed E-state index contributed by atoms with van der Waals surface area (Å²) in [5.41, 5.74) is 9.25. The molecule has 5 nitrogen and oxygen atoms in total. The average Bonchev–Trinajstić information content (AvgIpc) is 2.79. The standard InChI is InChI=1S/C25H32FN3O2/c1-5-19-16-28-25(24(27)11-8-18(17-30)12-13-29(4)6-2)15-21(19)22-14-20(31-7-3)9-10-23(22)26/h2,9-10,14-18,24H,5,7-8,11-13,27H2,1,3-4H3. The fourth-order valence-corrected chi connectivity index (χ4v) is 3.45. The molecule has 0 aliphatic heterocycles. The summed E-state index contributed by atoms with van der Waals surface area (Å²) in [6.45, 7) is 5.05. The van der Waals surface area contributed by atoms with Crippen LogP contribution in [0.25, 0.3) is 11.1 Å². The van der Waals surface area contributed by atoms with Crippen LogP contribution in [0.5, 0.6) is 5.75 Å². The minimum absolute atomic E-state index is 0.114. The fraction of sp³-hybridized carbons (Fsp3) is 0.440. The van der Waals surface area contributed by atoms with Crippen molar-refractivity contribution in [2.45, 2.75) is 45.6 Å². The molecule has 0 saturated carbocycles. The summed E-state index contributed by atoms with van der Waals surface area (Å²) in [5.74, 6) is 0.188. The zero-order valence-corrected chi connectivity index (χ0v) is 18.6. The number of pyridine rings is 1. The van der Waals surface area contributed by atoms with Gasteiger partial charge in [0.2, 0.25) is 0 Å². The van der Waals surface area contributed by atoms with Crippen LogP contribution < -0.4 is 10.5 Å². The zero-order valence-electron chi connectivity index (χ0n) is 18.6. The van der Waals surface area contributed by atoms with Crippen molar-refractivity contribution in [2.75, 3.05) is 20.2 Å². The predicted molar refractivity (Wildman–Crippen MR) is 122 cm³/mol. The quantitative estimate of drug-likeness (QED) is 0.311. The number of carbonyl (C=O) groups excluding carboxylic acids is 1. The van der Waals surface area contributed by atoms with Gasteiger partial charge in [0.15, 0.2) is 0 Å². The van der Waals surface area contributed by atoms with E-state index in [9.17, 15) is 9.18 Å². The van der Waals surface area contributed by atoms with Gasteiger partial charge < -0.3 is 20.2 Å². The molecule has 2 unspecified atom stereocenters. The van der Waals surface area contributed by atoms with Crippen molar-refractivity contribution < 1.29 is 13.9 Å². The second kappa shape index (κ2) is 12.1. The van der Waals surface area contributed by atoms with E-state index in [1.54, 1.807) is 23.2 Å². The van der Waals surface area contributed by atoms with Gasteiger partial charge >= 0.3 is 0 Å². The third-order valence-corrected chi connectivity index (χ3v) is 5.40. The van der Waals surface area contributed by atoms with Crippen LogP contribution >= 0.6 is 0 Å². The topological polar surface area (TPSA) is 68.5 Å². The number of aldehydes is 1. The highest BCUT2D eigenvalue weighted by Gasteiger charge is 2.17. The van der Waals surface area contributed by atoms with E-state index in [2.05, 4.69) is 11.0 Å². The maximum absolute atomic E-state index is 14.7. The molecule has 166 valence electrons. The third-order valence-electron chi connectivity index (χ3n) is 5.40. The first-order valence-corrected chi connectivity index (χ1v) is 10.7. The van der Waals surface area contributed by atoms with Crippen molar-refractivity contribution in [3.63, 3.8) is 0 Å². The lowest BCUT2D eigenvalue weighted by atomic mass is 9.94. The Morgan fingerprint density at radius 2 is 2.03 bits per heavy atom. The first-order valence-electron chi connectivity index (χ1n) is 10.7. The van der Waals surface area contributed by atoms with Crippen LogP contribution in [0.1, 0.15) is 50.4 Å². The second-order valence-corrected chi connectivity index (χ2v) is 7.61. The van der Waals surface area contributed by atoms with Crippen molar-refractivity contribution in [1.29, 1.82) is 0 Å². The number of terminal acetylenes is 1. The summed E-state index contributed by atoms with van der Waals surface area (Å²) in [6.07, 6.45) is 10.7. The largest absolute Gasteiger partial charge is 0.494 e. The molecule has 0 saturated heterocycles. The number of carbonyl (C=O) groups is 1. The maximum Gasteiger partial charge on any atom is 0.131 e. The smallest absolute Gasteiger partial charge is 0.131 e. The molecule has 1 aromatic carbocycles. The SMILES string of the molecule is C#CN(C)CCC(C=O)CCC(N)c1cc(-c2cc(OCC)ccc2F)c(CC)cn1. The Kier molecular flexibility index (Phi) is 9.48. The lowest BCUT2D eigenvalue weighted by Crippen LogP contribution is -2.19. The van der Waals surface area contributed by atoms with Crippen LogP contribution in [0, 0.1) is 24.2 Å². The molecule has 0 spiro atoms. The van der Waals surface area contributed by atoms with Gasteiger partial charge in [-0.3, -0.25) is 4.98 Å². The first-order chi connectivity index (χ1) is 14.9. The highest BCUT2D eigenvalue weighted by atomic mass is 19.1. The molecular weight excluding hydrogens is 393 g/mol. The van der Waals surface area contributed by atoms with E-state index in [4.69, 9.17) is 16.9 Å². The van der Waals surface area contributed by atoms with Gasteiger partial charge in [-0.2, -0.15) is 0 Å². The molecule has 0 bridgehead atoms. The number of hydrogen-bond acceptors (Lipinski definition) is 5. The lowest BCUT2D eigenvalue weighted by molar-refractivity contribution is -0.111. The van der Waals surface area contributed by atoms with Crippen molar-refractivity contribution >= 4 is 6.29 Å². The number of halogens is 1. The average molecular weight is 426 g/mol. The summed E-state index contributed by atoms with van der Waals surface area (Å²) in [4.78, 5) is 17.7. The van der Waals surface area contributed by atoms with E-state index in [-0.39, 0.29) is 17.8 Å². The number of hydrogen-bond donors (Lipinski definition) is 1. The molecule has 6 heteroatoms. The van der Waals surface area contributed by atoms with E-state index < -0.39 is 0 Å². The Balaban J connectivity index is 2.21. The van der Waals surface area contributed by atoms with Gasteiger partial charge in [0, 0.05) is 43.4 Å². The maximum atomic E-state index is 14.7. The molecule has 0 aliphatic rings. The summed E-state index contributed by atoms with van der Waals surface area (Å²) < 4.78 is 20.2. The second-order valence-electron chi connectivity index (χ2n) is 7.61. The van der Waals surface area contributed by atoms with Gasteiger partial charge in [-0.15, -0.1) is 0 Å². The van der Waals surface area contributed by atoms with E-state index in [1.165, 1.54) is 6.07 Å². The van der Waals surface area contributed by atoms with Crippen LogP contribution in [0.15, 0.2) is 30.5 Å². The number of benzene rings is 1. The van der Waals surface area contributed by atoms with E-state index >= 15 is 0 Å². The van der Waals surface area contributed by atoms with Crippen LogP contribution in [0.3, 0.4) is 0 Å². The molecule has 0 radical (unpaired) electrons. The molecule has 31 heavy (non-hydrogen) atoms. The molecule has 2 rings (SSSR count). The van der Waals surface area contributed by atoms with Crippen molar-refractivity contribution in [3.05, 3.63) is 47.5 Å². The van der Waals surface area contributed by atoms with Gasteiger partial charge in [-0.25, -0.2) is 4.39 Å². The Bertz CT molecular complexity index is 910. The molecule has 1 heterocycles. The minimum atomic E-state index is -0.351. The fourth-order valence-electron chi connectivity index (χ4n) is 3.45. The van der Waals surface area contributed by atoms with Crippen LogP contribution in [-0.4, -0.2) is 36.4 Å². The molecule has 2 aromatic rings. The van der Waals surface area contributed by atoms with E-state index in [0.29, 0.717) is 55.8 Å². The summed E-state index contributed by atoms with van der Waals surface area (Å²) in [7, 11) is 1.81. The van der Waals surface area contributed by atoms with Crippen LogP contribution in [-0.2, 0) is 11.2 Å². The van der Waals surface area contributed by atoms with E-state index in [0.717, 1.165) is 17.4 Å². The predicted octanol–water partition coefficient (Wildman–Crippen LogP) is 4.36. The molecule has 0 fully saturated rings. The number of nitrogens with zero attached hydrogens (tertiary/aromatic N) is 2. The monoisotopic (exact) mass is 425 g/mol. The zero-order chi connectivity index (χ0) is 22.8. The highest BCUT2D eigenvalue weighted by molar-refractivity contribution is 5.69. The van der Waals surface area contributed by atoms with Crippen LogP contribution in [0.2, 0.25) is 0 Å². The number of aromatic nitrogens is 1. The Labute approximate surface area is 184 Å². The van der Waals surface area contributed by atoms with Gasteiger partial charge in [0.05, 0.1) is 12.3 Å². The molecular formula is C25H32FN3O2. The first kappa shape index (κ1) is 24.4.